The maximum Gasteiger partial charge on any atom is 0.0789 e. The van der Waals surface area contributed by atoms with E-state index in [1.165, 1.54) is 23.3 Å². The first-order valence-electron chi connectivity index (χ1n) is 5.33. The summed E-state index contributed by atoms with van der Waals surface area (Å²) in [6.07, 6.45) is 1.28. The van der Waals surface area contributed by atoms with Gasteiger partial charge >= 0.3 is 0 Å². The quantitative estimate of drug-likeness (QED) is 0.851. The molecular formula is C12H17NOS. The zero-order valence-electron chi connectivity index (χ0n) is 9.03. The first-order chi connectivity index (χ1) is 7.40. The largest absolute Gasteiger partial charge is 0.380 e. The minimum absolute atomic E-state index is 0.482. The highest BCUT2D eigenvalue weighted by Gasteiger charge is 2.14. The minimum atomic E-state index is 0.482. The van der Waals surface area contributed by atoms with Crippen molar-refractivity contribution in [1.82, 2.24) is 5.32 Å². The van der Waals surface area contributed by atoms with Gasteiger partial charge in [0, 0.05) is 7.11 Å². The second kappa shape index (κ2) is 5.54. The summed E-state index contributed by atoms with van der Waals surface area (Å²) >= 11 is 1.99. The molecular weight excluding hydrogens is 206 g/mol. The third-order valence-electron chi connectivity index (χ3n) is 2.53. The van der Waals surface area contributed by atoms with Crippen LogP contribution in [0.3, 0.4) is 0 Å². The van der Waals surface area contributed by atoms with Crippen molar-refractivity contribution < 1.29 is 4.74 Å². The molecule has 0 bridgehead atoms. The van der Waals surface area contributed by atoms with Crippen LogP contribution in [-0.4, -0.2) is 19.4 Å². The molecule has 0 saturated carbocycles. The molecule has 1 aromatic carbocycles. The van der Waals surface area contributed by atoms with Gasteiger partial charge in [-0.2, -0.15) is 0 Å². The molecule has 2 rings (SSSR count). The van der Waals surface area contributed by atoms with Gasteiger partial charge < -0.3 is 10.1 Å². The van der Waals surface area contributed by atoms with Crippen molar-refractivity contribution in [3.05, 3.63) is 35.4 Å². The van der Waals surface area contributed by atoms with Crippen LogP contribution in [0, 0.1) is 0 Å². The highest BCUT2D eigenvalue weighted by Crippen LogP contribution is 2.29. The maximum atomic E-state index is 5.09. The molecule has 1 fully saturated rings. The molecule has 0 radical (unpaired) electrons. The summed E-state index contributed by atoms with van der Waals surface area (Å²) in [5.41, 5.74) is 2.61. The Morgan fingerprint density at radius 1 is 1.40 bits per heavy atom. The van der Waals surface area contributed by atoms with Crippen LogP contribution >= 0.6 is 11.8 Å². The van der Waals surface area contributed by atoms with Crippen LogP contribution in [0.4, 0.5) is 0 Å². The predicted octanol–water partition coefficient (Wildman–Crippen LogP) is 2.56. The minimum Gasteiger partial charge on any atom is -0.380 e. The van der Waals surface area contributed by atoms with Crippen molar-refractivity contribution in [2.75, 3.05) is 19.4 Å². The Bertz CT molecular complexity index is 293. The highest BCUT2D eigenvalue weighted by atomic mass is 32.2. The molecule has 0 amide bonds. The standard InChI is InChI=1S/C12H17NOS/c1-14-9-10-3-5-11(6-4-10)12-13-7-2-8-15-12/h3-6,12-13H,2,7-9H2,1H3. The van der Waals surface area contributed by atoms with Crippen LogP contribution in [0.15, 0.2) is 24.3 Å². The van der Waals surface area contributed by atoms with Gasteiger partial charge in [-0.25, -0.2) is 0 Å². The summed E-state index contributed by atoms with van der Waals surface area (Å²) in [6.45, 7) is 1.84. The predicted molar refractivity (Wildman–Crippen MR) is 65.0 cm³/mol. The average molecular weight is 223 g/mol. The molecule has 0 aliphatic carbocycles. The molecule has 0 spiro atoms. The number of benzene rings is 1. The Hall–Kier alpha value is -0.510. The van der Waals surface area contributed by atoms with E-state index in [0.29, 0.717) is 12.0 Å². The van der Waals surface area contributed by atoms with Crippen LogP contribution in [0.2, 0.25) is 0 Å². The van der Waals surface area contributed by atoms with E-state index in [1.807, 2.05) is 11.8 Å². The Morgan fingerprint density at radius 3 is 2.80 bits per heavy atom. The van der Waals surface area contributed by atoms with E-state index in [-0.39, 0.29) is 0 Å². The molecule has 1 aromatic rings. The van der Waals surface area contributed by atoms with Crippen molar-refractivity contribution in [3.63, 3.8) is 0 Å². The summed E-state index contributed by atoms with van der Waals surface area (Å²) in [5, 5.41) is 4.00. The second-order valence-corrected chi connectivity index (χ2v) is 4.95. The lowest BCUT2D eigenvalue weighted by Crippen LogP contribution is -2.25. The number of thioether (sulfide) groups is 1. The fraction of sp³-hybridized carbons (Fsp3) is 0.500. The third-order valence-corrected chi connectivity index (χ3v) is 3.83. The van der Waals surface area contributed by atoms with Crippen LogP contribution in [0.25, 0.3) is 0 Å². The summed E-state index contributed by atoms with van der Waals surface area (Å²) in [4.78, 5) is 0. The maximum absolute atomic E-state index is 5.09. The van der Waals surface area contributed by atoms with Crippen molar-refractivity contribution in [2.45, 2.75) is 18.4 Å². The number of hydrogen-bond donors (Lipinski definition) is 1. The Labute approximate surface area is 95.4 Å². The third kappa shape index (κ3) is 2.97. The summed E-state index contributed by atoms with van der Waals surface area (Å²) in [6, 6.07) is 8.69. The molecule has 3 heteroatoms. The fourth-order valence-corrected chi connectivity index (χ4v) is 2.87. The van der Waals surface area contributed by atoms with E-state index in [0.717, 1.165) is 6.54 Å². The molecule has 1 heterocycles. The van der Waals surface area contributed by atoms with E-state index in [2.05, 4.69) is 29.6 Å². The van der Waals surface area contributed by atoms with Crippen LogP contribution in [-0.2, 0) is 11.3 Å². The van der Waals surface area contributed by atoms with Crippen LogP contribution in [0.1, 0.15) is 22.9 Å². The van der Waals surface area contributed by atoms with Gasteiger partial charge in [0.25, 0.3) is 0 Å². The van der Waals surface area contributed by atoms with Gasteiger partial charge in [-0.1, -0.05) is 24.3 Å². The fourth-order valence-electron chi connectivity index (χ4n) is 1.73. The van der Waals surface area contributed by atoms with E-state index in [9.17, 15) is 0 Å². The highest BCUT2D eigenvalue weighted by molar-refractivity contribution is 7.99. The molecule has 2 nitrogen and oxygen atoms in total. The number of ether oxygens (including phenoxy) is 1. The molecule has 0 aromatic heterocycles. The molecule has 1 atom stereocenters. The van der Waals surface area contributed by atoms with Crippen molar-refractivity contribution >= 4 is 11.8 Å². The zero-order chi connectivity index (χ0) is 10.5. The number of nitrogens with one attached hydrogen (secondary N) is 1. The number of hydrogen-bond acceptors (Lipinski definition) is 3. The monoisotopic (exact) mass is 223 g/mol. The Morgan fingerprint density at radius 2 is 2.20 bits per heavy atom. The van der Waals surface area contributed by atoms with Gasteiger partial charge in [0.15, 0.2) is 0 Å². The van der Waals surface area contributed by atoms with Gasteiger partial charge in [0.05, 0.1) is 12.0 Å². The van der Waals surface area contributed by atoms with Crippen LogP contribution in [0.5, 0.6) is 0 Å². The lowest BCUT2D eigenvalue weighted by Gasteiger charge is -2.23. The first-order valence-corrected chi connectivity index (χ1v) is 6.38. The summed E-state index contributed by atoms with van der Waals surface area (Å²) in [7, 11) is 1.73. The normalized spacial score (nSPS) is 21.5. The van der Waals surface area contributed by atoms with Crippen LogP contribution < -0.4 is 5.32 Å². The Balaban J connectivity index is 2.02. The molecule has 1 saturated heterocycles. The lowest BCUT2D eigenvalue weighted by molar-refractivity contribution is 0.185. The Kier molecular flexibility index (Phi) is 4.06. The SMILES string of the molecule is COCc1ccc(C2NCCCS2)cc1. The average Bonchev–Trinajstić information content (AvgIpc) is 2.32. The van der Waals surface area contributed by atoms with E-state index in [4.69, 9.17) is 4.74 Å². The topological polar surface area (TPSA) is 21.3 Å². The zero-order valence-corrected chi connectivity index (χ0v) is 9.85. The number of rotatable bonds is 3. The smallest absolute Gasteiger partial charge is 0.0789 e. The van der Waals surface area contributed by atoms with Gasteiger partial charge in [0.1, 0.15) is 0 Å². The summed E-state index contributed by atoms with van der Waals surface area (Å²) in [5.74, 6) is 1.26. The van der Waals surface area contributed by atoms with E-state index < -0.39 is 0 Å². The van der Waals surface area contributed by atoms with Crippen molar-refractivity contribution in [1.29, 1.82) is 0 Å². The molecule has 82 valence electrons. The summed E-state index contributed by atoms with van der Waals surface area (Å²) < 4.78 is 5.09. The van der Waals surface area contributed by atoms with Gasteiger partial charge in [-0.3, -0.25) is 0 Å². The van der Waals surface area contributed by atoms with E-state index in [1.54, 1.807) is 7.11 Å². The molecule has 1 aliphatic heterocycles. The van der Waals surface area contributed by atoms with Gasteiger partial charge in [-0.05, 0) is 29.8 Å². The van der Waals surface area contributed by atoms with Gasteiger partial charge in [0.2, 0.25) is 0 Å². The molecule has 1 N–H and O–H groups in total. The van der Waals surface area contributed by atoms with Crippen molar-refractivity contribution in [2.24, 2.45) is 0 Å². The molecule has 1 unspecified atom stereocenters. The first kappa shape index (κ1) is 11.0. The second-order valence-electron chi connectivity index (χ2n) is 3.73. The van der Waals surface area contributed by atoms with Gasteiger partial charge in [-0.15, -0.1) is 11.8 Å². The number of methoxy groups -OCH3 is 1. The molecule has 1 aliphatic rings. The van der Waals surface area contributed by atoms with E-state index >= 15 is 0 Å². The molecule has 15 heavy (non-hydrogen) atoms. The lowest BCUT2D eigenvalue weighted by atomic mass is 10.1. The van der Waals surface area contributed by atoms with Crippen molar-refractivity contribution in [3.8, 4) is 0 Å².